The third kappa shape index (κ3) is 5.40. The summed E-state index contributed by atoms with van der Waals surface area (Å²) in [6.45, 7) is 0. The summed E-state index contributed by atoms with van der Waals surface area (Å²) in [4.78, 5) is 40.9. The maximum Gasteiger partial charge on any atom is 0.277 e. The molecule has 1 aliphatic carbocycles. The largest absolute Gasteiger partial charge is 0.383 e. The zero-order valence-electron chi connectivity index (χ0n) is 18.6. The lowest BCUT2D eigenvalue weighted by Gasteiger charge is -2.11. The Morgan fingerprint density at radius 3 is 2.49 bits per heavy atom. The third-order valence-electron chi connectivity index (χ3n) is 5.73. The zero-order chi connectivity index (χ0) is 25.1. The van der Waals surface area contributed by atoms with Crippen LogP contribution in [0.3, 0.4) is 0 Å². The molecule has 3 aromatic rings. The van der Waals surface area contributed by atoms with Gasteiger partial charge in [0.15, 0.2) is 5.69 Å². The minimum atomic E-state index is -0.988. The molecule has 0 radical (unpaired) electrons. The number of hydrogen-bond acceptors (Lipinski definition) is 6. The molecule has 12 heteroatoms. The van der Waals surface area contributed by atoms with Crippen LogP contribution in [0.25, 0.3) is 0 Å². The summed E-state index contributed by atoms with van der Waals surface area (Å²) in [5.74, 6) is -3.17. The fourth-order valence-electron chi connectivity index (χ4n) is 4.05. The number of amides is 3. The number of benzene rings is 1. The highest BCUT2D eigenvalue weighted by Crippen LogP contribution is 2.33. The van der Waals surface area contributed by atoms with E-state index < -0.39 is 17.8 Å². The molecule has 1 aromatic carbocycles. The van der Waals surface area contributed by atoms with Gasteiger partial charge >= 0.3 is 0 Å². The van der Waals surface area contributed by atoms with Crippen LogP contribution in [0.1, 0.15) is 58.1 Å². The number of halogens is 2. The van der Waals surface area contributed by atoms with Gasteiger partial charge in [0.2, 0.25) is 11.9 Å². The second-order valence-corrected chi connectivity index (χ2v) is 8.66. The number of nitrogens with two attached hydrogens (primary N) is 2. The Kier molecular flexibility index (Phi) is 6.97. The molecule has 0 bridgehead atoms. The Labute approximate surface area is 204 Å². The van der Waals surface area contributed by atoms with Crippen LogP contribution in [0.15, 0.2) is 36.5 Å². The van der Waals surface area contributed by atoms with Crippen molar-refractivity contribution in [3.8, 4) is 0 Å². The summed E-state index contributed by atoms with van der Waals surface area (Å²) in [6.07, 6.45) is 4.74. The van der Waals surface area contributed by atoms with Crippen LogP contribution in [0.4, 0.5) is 21.6 Å². The molecule has 0 saturated heterocycles. The first-order valence-corrected chi connectivity index (χ1v) is 11.3. The van der Waals surface area contributed by atoms with Crippen molar-refractivity contribution in [2.45, 2.75) is 38.1 Å². The number of rotatable bonds is 7. The predicted molar refractivity (Wildman–Crippen MR) is 129 cm³/mol. The summed E-state index contributed by atoms with van der Waals surface area (Å²) in [6, 6.07) is 7.91. The molecule has 0 spiro atoms. The number of hydrogen-bond donors (Lipinski definition) is 4. The molecular weight excluding hydrogens is 477 g/mol. The van der Waals surface area contributed by atoms with Gasteiger partial charge in [-0.3, -0.25) is 14.4 Å². The summed E-state index contributed by atoms with van der Waals surface area (Å²) in [7, 11) is 0. The monoisotopic (exact) mass is 499 g/mol. The van der Waals surface area contributed by atoms with Crippen molar-refractivity contribution in [1.82, 2.24) is 14.8 Å². The van der Waals surface area contributed by atoms with Crippen LogP contribution in [0.5, 0.6) is 0 Å². The molecule has 1 fully saturated rings. The zero-order valence-corrected chi connectivity index (χ0v) is 19.3. The van der Waals surface area contributed by atoms with Gasteiger partial charge in [0.25, 0.3) is 11.8 Å². The van der Waals surface area contributed by atoms with Gasteiger partial charge in [-0.2, -0.15) is 9.49 Å². The minimum absolute atomic E-state index is 0.00337. The summed E-state index contributed by atoms with van der Waals surface area (Å²) in [5.41, 5.74) is 11.6. The topological polar surface area (TPSA) is 158 Å². The van der Waals surface area contributed by atoms with E-state index in [1.807, 2.05) is 0 Å². The Morgan fingerprint density at radius 2 is 1.83 bits per heavy atom. The van der Waals surface area contributed by atoms with Crippen molar-refractivity contribution in [1.29, 1.82) is 0 Å². The number of nitrogens with zero attached hydrogens (tertiary/aromatic N) is 3. The lowest BCUT2D eigenvalue weighted by Crippen LogP contribution is -2.21. The lowest BCUT2D eigenvalue weighted by molar-refractivity contribution is -0.115. The van der Waals surface area contributed by atoms with Gasteiger partial charge in [-0.1, -0.05) is 36.6 Å². The summed E-state index contributed by atoms with van der Waals surface area (Å²) < 4.78 is 15.8. The Morgan fingerprint density at radius 1 is 1.14 bits per heavy atom. The van der Waals surface area contributed by atoms with Gasteiger partial charge in [0.05, 0.1) is 30.0 Å². The molecular formula is C23H23ClFN7O3. The number of nitrogens with one attached hydrogen (secondary N) is 2. The fraction of sp³-hybridized carbons (Fsp3) is 0.261. The van der Waals surface area contributed by atoms with Crippen LogP contribution < -0.4 is 22.1 Å². The molecule has 1 saturated carbocycles. The smallest absolute Gasteiger partial charge is 0.277 e. The van der Waals surface area contributed by atoms with E-state index >= 15 is 0 Å². The quantitative estimate of drug-likeness (QED) is 0.365. The molecule has 0 atom stereocenters. The Hall–Kier alpha value is -3.99. The van der Waals surface area contributed by atoms with E-state index in [-0.39, 0.29) is 46.8 Å². The van der Waals surface area contributed by atoms with Crippen LogP contribution in [0.2, 0.25) is 5.02 Å². The van der Waals surface area contributed by atoms with E-state index in [1.165, 1.54) is 10.7 Å². The van der Waals surface area contributed by atoms with Crippen LogP contribution in [-0.4, -0.2) is 32.5 Å². The molecule has 1 aliphatic rings. The maximum absolute atomic E-state index is 14.4. The Balaban J connectivity index is 1.52. The van der Waals surface area contributed by atoms with Crippen LogP contribution in [-0.2, 0) is 11.2 Å². The van der Waals surface area contributed by atoms with Crippen LogP contribution >= 0.6 is 11.6 Å². The molecule has 35 heavy (non-hydrogen) atoms. The van der Waals surface area contributed by atoms with Gasteiger partial charge in [-0.25, -0.2) is 9.67 Å². The first-order valence-electron chi connectivity index (χ1n) is 10.9. The Bertz CT molecular complexity index is 1290. The van der Waals surface area contributed by atoms with Gasteiger partial charge in [-0.05, 0) is 36.6 Å². The van der Waals surface area contributed by atoms with Gasteiger partial charge in [-0.15, -0.1) is 0 Å². The normalized spacial score (nSPS) is 13.5. The standard InChI is InChI=1S/C23H23ClFN7O3/c24-13-7-5-12(6-8-13)9-17(33)29-14-10-16(20(25)28-11-14)30-23(35)19-18(22(27)34)21(26)32(31-19)15-3-1-2-4-15/h5-8,10-11,15H,1-4,9,26H2,(H2,27,34)(H,29,33)(H,30,35). The third-order valence-corrected chi connectivity index (χ3v) is 5.98. The molecule has 3 amide bonds. The predicted octanol–water partition coefficient (Wildman–Crippen LogP) is 3.30. The van der Waals surface area contributed by atoms with Crippen molar-refractivity contribution in [2.75, 3.05) is 16.4 Å². The molecule has 182 valence electrons. The van der Waals surface area contributed by atoms with Gasteiger partial charge in [0, 0.05) is 5.02 Å². The second-order valence-electron chi connectivity index (χ2n) is 8.22. The molecule has 2 aromatic heterocycles. The number of nitrogen functional groups attached to an aromatic ring is 1. The average molecular weight is 500 g/mol. The lowest BCUT2D eigenvalue weighted by atomic mass is 10.1. The van der Waals surface area contributed by atoms with E-state index in [1.54, 1.807) is 24.3 Å². The number of pyridine rings is 1. The number of anilines is 3. The molecule has 6 N–H and O–H groups in total. The first-order chi connectivity index (χ1) is 16.7. The number of carbonyl (C=O) groups is 3. The van der Waals surface area contributed by atoms with E-state index in [0.717, 1.165) is 37.4 Å². The summed E-state index contributed by atoms with van der Waals surface area (Å²) in [5, 5.41) is 9.71. The van der Waals surface area contributed by atoms with Crippen molar-refractivity contribution < 1.29 is 18.8 Å². The molecule has 0 unspecified atom stereocenters. The highest BCUT2D eigenvalue weighted by Gasteiger charge is 2.30. The minimum Gasteiger partial charge on any atom is -0.383 e. The van der Waals surface area contributed by atoms with Gasteiger partial charge in [0.1, 0.15) is 11.4 Å². The molecule has 2 heterocycles. The number of carbonyl (C=O) groups excluding carboxylic acids is 3. The number of primary amides is 1. The summed E-state index contributed by atoms with van der Waals surface area (Å²) >= 11 is 5.85. The van der Waals surface area contributed by atoms with E-state index in [0.29, 0.717) is 5.02 Å². The fourth-order valence-corrected chi connectivity index (χ4v) is 4.18. The molecule has 10 nitrogen and oxygen atoms in total. The van der Waals surface area contributed by atoms with E-state index in [9.17, 15) is 18.8 Å². The highest BCUT2D eigenvalue weighted by atomic mass is 35.5. The van der Waals surface area contributed by atoms with Crippen LogP contribution in [0, 0.1) is 5.95 Å². The molecule has 0 aliphatic heterocycles. The number of aromatic nitrogens is 3. The van der Waals surface area contributed by atoms with E-state index in [4.69, 9.17) is 23.1 Å². The SMILES string of the molecule is NC(=O)c1c(C(=O)Nc2cc(NC(=O)Cc3ccc(Cl)cc3)cnc2F)nn(C2CCCC2)c1N. The first kappa shape index (κ1) is 24.1. The second kappa shape index (κ2) is 10.1. The van der Waals surface area contributed by atoms with Crippen molar-refractivity contribution in [3.05, 3.63) is 64.3 Å². The van der Waals surface area contributed by atoms with Crippen molar-refractivity contribution >= 4 is 46.5 Å². The average Bonchev–Trinajstić information content (AvgIpc) is 3.45. The van der Waals surface area contributed by atoms with Gasteiger partial charge < -0.3 is 22.1 Å². The maximum atomic E-state index is 14.4. The van der Waals surface area contributed by atoms with E-state index in [2.05, 4.69) is 20.7 Å². The van der Waals surface area contributed by atoms with Crippen molar-refractivity contribution in [3.63, 3.8) is 0 Å². The highest BCUT2D eigenvalue weighted by molar-refractivity contribution is 6.30. The van der Waals surface area contributed by atoms with Crippen molar-refractivity contribution in [2.24, 2.45) is 5.73 Å². The molecule has 4 rings (SSSR count).